The molecule has 6 aromatic rings. The molecule has 0 saturated heterocycles. The number of aromatic nitrogens is 3. The number of nitrogens with zero attached hydrogens (tertiary/aromatic N) is 3. The predicted octanol–water partition coefficient (Wildman–Crippen LogP) is 7.09. The maximum Gasteiger partial charge on any atom is 0.0699 e. The van der Waals surface area contributed by atoms with E-state index < -0.39 is 23.8 Å². The van der Waals surface area contributed by atoms with Gasteiger partial charge in [0.15, 0.2) is 0 Å². The summed E-state index contributed by atoms with van der Waals surface area (Å²) in [6.45, 7) is 0. The first kappa shape index (κ1) is 29.3. The van der Waals surface area contributed by atoms with Crippen molar-refractivity contribution in [1.82, 2.24) is 15.0 Å². The van der Waals surface area contributed by atoms with Crippen LogP contribution in [0.5, 0.6) is 0 Å². The molecule has 0 unspecified atom stereocenters. The number of benzene rings is 3. The Kier molecular flexibility index (Phi) is 7.37. The van der Waals surface area contributed by atoms with Gasteiger partial charge in [-0.2, -0.15) is 0 Å². The number of rotatable bonds is 0. The van der Waals surface area contributed by atoms with Crippen LogP contribution >= 0.6 is 23.8 Å². The Labute approximate surface area is 286 Å². The molecule has 0 N–H and O–H groups in total. The van der Waals surface area contributed by atoms with Gasteiger partial charge in [0.1, 0.15) is 0 Å². The summed E-state index contributed by atoms with van der Waals surface area (Å²) in [7, 11) is -2.26. The lowest BCUT2D eigenvalue weighted by atomic mass is 9.79. The minimum absolute atomic E-state index is 0.309. The monoisotopic (exact) mass is 675 g/mol. The highest BCUT2D eigenvalue weighted by Crippen LogP contribution is 2.46. The number of pyridine rings is 3. The summed E-state index contributed by atoms with van der Waals surface area (Å²) in [5.41, 5.74) is 15.9. The fourth-order valence-corrected chi connectivity index (χ4v) is 15.3. The largest absolute Gasteiger partial charge is 0.248 e. The van der Waals surface area contributed by atoms with Gasteiger partial charge in [0.25, 0.3) is 0 Å². The minimum atomic E-state index is -0.755. The van der Waals surface area contributed by atoms with Crippen LogP contribution in [0.25, 0.3) is 0 Å². The topological polar surface area (TPSA) is 38.7 Å². The van der Waals surface area contributed by atoms with Crippen LogP contribution in [0, 0.1) is 0 Å². The highest BCUT2D eigenvalue weighted by Gasteiger charge is 2.31. The lowest BCUT2D eigenvalue weighted by Crippen LogP contribution is -2.33. The summed E-state index contributed by atoms with van der Waals surface area (Å²) in [6.07, 6.45) is 6.31. The summed E-state index contributed by atoms with van der Waals surface area (Å²) in [6, 6.07) is 49.5. The summed E-state index contributed by atoms with van der Waals surface area (Å²) in [5, 5.41) is 0. The van der Waals surface area contributed by atoms with Crippen molar-refractivity contribution < 1.29 is 0 Å². The number of hydrogen-bond acceptors (Lipinski definition) is 3. The van der Waals surface area contributed by atoms with Crippen LogP contribution in [0.1, 0.15) is 70.4 Å². The van der Waals surface area contributed by atoms with Crippen LogP contribution in [0.4, 0.5) is 0 Å². The van der Waals surface area contributed by atoms with Gasteiger partial charge in [0, 0.05) is 17.8 Å². The van der Waals surface area contributed by atoms with Crippen LogP contribution in [-0.2, 0) is 0 Å². The zero-order valence-electron chi connectivity index (χ0n) is 26.8. The van der Waals surface area contributed by atoms with Crippen molar-refractivity contribution in [2.75, 3.05) is 18.5 Å². The summed E-state index contributed by atoms with van der Waals surface area (Å²) >= 11 is 0. The Balaban J connectivity index is 1.34. The van der Waals surface area contributed by atoms with E-state index >= 15 is 0 Å². The zero-order chi connectivity index (χ0) is 31.6. The van der Waals surface area contributed by atoms with Crippen molar-refractivity contribution in [2.24, 2.45) is 0 Å². The van der Waals surface area contributed by atoms with Gasteiger partial charge >= 0.3 is 0 Å². The average Bonchev–Trinajstić information content (AvgIpc) is 3.13. The average molecular weight is 676 g/mol. The van der Waals surface area contributed by atoms with Gasteiger partial charge in [-0.3, -0.25) is 0 Å². The first-order chi connectivity index (χ1) is 23.7. The second kappa shape index (κ2) is 12.1. The molecule has 1 aliphatic carbocycles. The summed E-state index contributed by atoms with van der Waals surface area (Å²) < 4.78 is 0. The molecular formula is C42H36N3P3. The molecule has 5 aliphatic rings. The second-order valence-electron chi connectivity index (χ2n) is 13.6. The van der Waals surface area contributed by atoms with Crippen LogP contribution in [0.3, 0.4) is 0 Å². The van der Waals surface area contributed by atoms with Gasteiger partial charge in [-0.1, -0.05) is 91.0 Å². The van der Waals surface area contributed by atoms with E-state index in [1.54, 1.807) is 0 Å². The van der Waals surface area contributed by atoms with E-state index in [9.17, 15) is 0 Å². The molecule has 48 heavy (non-hydrogen) atoms. The molecule has 3 aromatic heterocycles. The van der Waals surface area contributed by atoms with Gasteiger partial charge in [0.2, 0.25) is 0 Å². The Bertz CT molecular complexity index is 1670. The van der Waals surface area contributed by atoms with Crippen molar-refractivity contribution >= 4 is 56.4 Å². The standard InChI is InChI=1S/C42H36N3P3/c1-7-28-25-29(8-1)35-20-23-47-38-14-4-13-37(43-38)46-22-19-34(28)30-9-2-11-32(26-30)36(33-12-3-10-31(35)27-33)21-24-48(41-17-5-15-39(46)44-41)42-18-6-16-40(47)45-42/h1-18,25-27,34-36H,19-24H2. The molecule has 0 radical (unpaired) electrons. The molecule has 234 valence electrons. The normalized spacial score (nSPS) is 25.0. The Hall–Kier alpha value is -3.60. The first-order valence-corrected chi connectivity index (χ1v) is 21.9. The predicted molar refractivity (Wildman–Crippen MR) is 205 cm³/mol. The van der Waals surface area contributed by atoms with Crippen LogP contribution in [-0.4, -0.2) is 33.4 Å². The Morgan fingerprint density at radius 3 is 0.812 bits per heavy atom. The Morgan fingerprint density at radius 2 is 0.562 bits per heavy atom. The van der Waals surface area contributed by atoms with E-state index in [0.29, 0.717) is 17.8 Å². The third-order valence-corrected chi connectivity index (χ3v) is 17.8. The number of fused-ring (bicyclic) bond motifs is 3. The maximum absolute atomic E-state index is 5.60. The maximum atomic E-state index is 5.60. The second-order valence-corrected chi connectivity index (χ2v) is 20.2. The van der Waals surface area contributed by atoms with Gasteiger partial charge in [-0.15, -0.1) is 0 Å². The van der Waals surface area contributed by atoms with Gasteiger partial charge in [-0.05, 0) is 131 Å². The molecule has 7 heterocycles. The third-order valence-electron chi connectivity index (χ3n) is 10.9. The first-order valence-electron chi connectivity index (χ1n) is 17.3. The molecule has 4 aliphatic heterocycles. The number of hydrogen-bond donors (Lipinski definition) is 0. The SMILES string of the molecule is c1cc2cc(c1)C1CCP3c4cccc(n4)P4CCC2c2cccc(c2)C(CCP(c2cccc4n2)c2cccc3n2)c2cccc1c2. The smallest absolute Gasteiger partial charge is 0.0699 e. The minimum Gasteiger partial charge on any atom is -0.248 e. The highest BCUT2D eigenvalue weighted by atomic mass is 31.1. The molecule has 0 saturated carbocycles. The Morgan fingerprint density at radius 1 is 0.333 bits per heavy atom. The third kappa shape index (κ3) is 5.10. The van der Waals surface area contributed by atoms with Crippen molar-refractivity contribution in [3.63, 3.8) is 0 Å². The van der Waals surface area contributed by atoms with Gasteiger partial charge in [-0.25, -0.2) is 15.0 Å². The fourth-order valence-electron chi connectivity index (χ4n) is 8.51. The molecule has 0 spiro atoms. The quantitative estimate of drug-likeness (QED) is 0.162. The van der Waals surface area contributed by atoms with Crippen LogP contribution in [0.15, 0.2) is 127 Å². The molecular weight excluding hydrogens is 639 g/mol. The van der Waals surface area contributed by atoms with Crippen LogP contribution < -0.4 is 32.6 Å². The molecule has 0 fully saturated rings. The van der Waals surface area contributed by atoms with E-state index in [1.165, 1.54) is 66.0 Å². The summed E-state index contributed by atoms with van der Waals surface area (Å²) in [5.74, 6) is 0.926. The fraction of sp³-hybridized carbons (Fsp3) is 0.214. The van der Waals surface area contributed by atoms with Crippen LogP contribution in [0.2, 0.25) is 0 Å². The molecule has 11 rings (SSSR count). The van der Waals surface area contributed by atoms with Crippen molar-refractivity contribution in [2.45, 2.75) is 37.0 Å². The van der Waals surface area contributed by atoms with E-state index in [-0.39, 0.29) is 0 Å². The molecule has 6 heteroatoms. The van der Waals surface area contributed by atoms with Gasteiger partial charge in [0.05, 0.1) is 32.6 Å². The van der Waals surface area contributed by atoms with E-state index in [0.717, 1.165) is 37.7 Å². The van der Waals surface area contributed by atoms with E-state index in [4.69, 9.17) is 15.0 Å². The van der Waals surface area contributed by atoms with Crippen molar-refractivity contribution in [1.29, 1.82) is 0 Å². The van der Waals surface area contributed by atoms with Crippen molar-refractivity contribution in [3.8, 4) is 0 Å². The molecule has 3 aromatic carbocycles. The van der Waals surface area contributed by atoms with E-state index in [1.807, 2.05) is 0 Å². The van der Waals surface area contributed by atoms with Gasteiger partial charge < -0.3 is 0 Å². The molecule has 0 amide bonds. The molecule has 18 bridgehead atoms. The molecule has 3 nitrogen and oxygen atoms in total. The van der Waals surface area contributed by atoms with Crippen molar-refractivity contribution in [3.05, 3.63) is 161 Å². The lowest BCUT2D eigenvalue weighted by Gasteiger charge is -2.31. The highest BCUT2D eigenvalue weighted by molar-refractivity contribution is 7.75. The lowest BCUT2D eigenvalue weighted by molar-refractivity contribution is 0.736. The zero-order valence-corrected chi connectivity index (χ0v) is 29.5. The summed E-state index contributed by atoms with van der Waals surface area (Å²) in [4.78, 5) is 16.8. The van der Waals surface area contributed by atoms with E-state index in [2.05, 4.69) is 127 Å². The molecule has 0 atom stereocenters.